The van der Waals surface area contributed by atoms with Gasteiger partial charge in [-0.2, -0.15) is 0 Å². The quantitative estimate of drug-likeness (QED) is 0.792. The lowest BCUT2D eigenvalue weighted by Crippen LogP contribution is -2.39. The average Bonchev–Trinajstić information content (AvgIpc) is 2.38. The minimum absolute atomic E-state index is 0.0154. The van der Waals surface area contributed by atoms with Crippen molar-refractivity contribution in [2.75, 3.05) is 20.2 Å². The SMILES string of the molecule is COC(=O)[C@@H]1CNC[C@H](c2ccccc2C)C1. The second kappa shape index (κ2) is 5.32. The van der Waals surface area contributed by atoms with E-state index in [9.17, 15) is 4.79 Å². The number of esters is 1. The Morgan fingerprint density at radius 2 is 2.12 bits per heavy atom. The fraction of sp³-hybridized carbons (Fsp3) is 0.500. The van der Waals surface area contributed by atoms with Crippen molar-refractivity contribution in [2.45, 2.75) is 19.3 Å². The van der Waals surface area contributed by atoms with E-state index >= 15 is 0 Å². The summed E-state index contributed by atoms with van der Waals surface area (Å²) in [6.45, 7) is 3.80. The van der Waals surface area contributed by atoms with Crippen molar-refractivity contribution in [2.24, 2.45) is 5.92 Å². The van der Waals surface area contributed by atoms with Crippen molar-refractivity contribution in [3.63, 3.8) is 0 Å². The van der Waals surface area contributed by atoms with E-state index in [0.29, 0.717) is 5.92 Å². The lowest BCUT2D eigenvalue weighted by atomic mass is 9.84. The minimum Gasteiger partial charge on any atom is -0.469 e. The third-order valence-corrected chi connectivity index (χ3v) is 3.51. The predicted octanol–water partition coefficient (Wildman–Crippen LogP) is 1.86. The molecule has 1 saturated heterocycles. The van der Waals surface area contributed by atoms with E-state index in [1.807, 2.05) is 6.07 Å². The van der Waals surface area contributed by atoms with Gasteiger partial charge in [-0.25, -0.2) is 0 Å². The van der Waals surface area contributed by atoms with E-state index in [2.05, 4.69) is 30.4 Å². The fourth-order valence-corrected chi connectivity index (χ4v) is 2.57. The normalized spacial score (nSPS) is 24.4. The molecule has 92 valence electrons. The van der Waals surface area contributed by atoms with Crippen LogP contribution in [-0.4, -0.2) is 26.2 Å². The number of carbonyl (C=O) groups is 1. The summed E-state index contributed by atoms with van der Waals surface area (Å²) in [5.41, 5.74) is 2.64. The second-order valence-corrected chi connectivity index (χ2v) is 4.67. The summed E-state index contributed by atoms with van der Waals surface area (Å²) in [7, 11) is 1.46. The number of nitrogens with one attached hydrogen (secondary N) is 1. The molecule has 2 atom stereocenters. The Balaban J connectivity index is 2.12. The standard InChI is InChI=1S/C14H19NO2/c1-10-5-3-4-6-13(10)11-7-12(9-15-8-11)14(16)17-2/h3-6,11-12,15H,7-9H2,1-2H3/t11-,12+/m1/s1. The topological polar surface area (TPSA) is 38.3 Å². The van der Waals surface area contributed by atoms with Gasteiger partial charge in [0.25, 0.3) is 0 Å². The molecule has 0 aliphatic carbocycles. The molecule has 3 nitrogen and oxygen atoms in total. The minimum atomic E-state index is -0.101. The predicted molar refractivity (Wildman–Crippen MR) is 66.9 cm³/mol. The average molecular weight is 233 g/mol. The first-order valence-corrected chi connectivity index (χ1v) is 6.06. The van der Waals surface area contributed by atoms with E-state index in [1.165, 1.54) is 18.2 Å². The Morgan fingerprint density at radius 1 is 1.35 bits per heavy atom. The van der Waals surface area contributed by atoms with Gasteiger partial charge in [0, 0.05) is 13.1 Å². The van der Waals surface area contributed by atoms with Gasteiger partial charge in [-0.15, -0.1) is 0 Å². The van der Waals surface area contributed by atoms with Gasteiger partial charge in [-0.3, -0.25) is 4.79 Å². The molecule has 0 amide bonds. The van der Waals surface area contributed by atoms with E-state index in [1.54, 1.807) is 0 Å². The Morgan fingerprint density at radius 3 is 2.82 bits per heavy atom. The fourth-order valence-electron chi connectivity index (χ4n) is 2.57. The zero-order valence-corrected chi connectivity index (χ0v) is 10.4. The molecule has 0 aromatic heterocycles. The highest BCUT2D eigenvalue weighted by Crippen LogP contribution is 2.28. The van der Waals surface area contributed by atoms with Gasteiger partial charge in [-0.05, 0) is 30.4 Å². The molecular weight excluding hydrogens is 214 g/mol. The van der Waals surface area contributed by atoms with E-state index in [0.717, 1.165) is 19.5 Å². The molecule has 17 heavy (non-hydrogen) atoms. The zero-order chi connectivity index (χ0) is 12.3. The van der Waals surface area contributed by atoms with Crippen molar-refractivity contribution >= 4 is 5.97 Å². The van der Waals surface area contributed by atoms with Crippen LogP contribution in [0.5, 0.6) is 0 Å². The number of piperidine rings is 1. The molecular formula is C14H19NO2. The maximum Gasteiger partial charge on any atom is 0.309 e. The maximum atomic E-state index is 11.6. The van der Waals surface area contributed by atoms with Gasteiger partial charge in [0.2, 0.25) is 0 Å². The molecule has 0 spiro atoms. The van der Waals surface area contributed by atoms with Crippen LogP contribution in [0.1, 0.15) is 23.5 Å². The second-order valence-electron chi connectivity index (χ2n) is 4.67. The number of methoxy groups -OCH3 is 1. The van der Waals surface area contributed by atoms with Crippen LogP contribution in [0.3, 0.4) is 0 Å². The number of aryl methyl sites for hydroxylation is 1. The number of carbonyl (C=O) groups excluding carboxylic acids is 1. The molecule has 1 aliphatic rings. The summed E-state index contributed by atoms with van der Waals surface area (Å²) >= 11 is 0. The highest BCUT2D eigenvalue weighted by molar-refractivity contribution is 5.72. The van der Waals surface area contributed by atoms with Crippen molar-refractivity contribution in [3.8, 4) is 0 Å². The maximum absolute atomic E-state index is 11.6. The summed E-state index contributed by atoms with van der Waals surface area (Å²) in [6, 6.07) is 8.38. The summed E-state index contributed by atoms with van der Waals surface area (Å²) in [6.07, 6.45) is 0.879. The molecule has 1 N–H and O–H groups in total. The largest absolute Gasteiger partial charge is 0.469 e. The van der Waals surface area contributed by atoms with Crippen LogP contribution in [0, 0.1) is 12.8 Å². The Hall–Kier alpha value is -1.35. The Kier molecular flexibility index (Phi) is 3.79. The molecule has 0 radical (unpaired) electrons. The van der Waals surface area contributed by atoms with Crippen LogP contribution in [0.4, 0.5) is 0 Å². The highest BCUT2D eigenvalue weighted by Gasteiger charge is 2.28. The summed E-state index contributed by atoms with van der Waals surface area (Å²) in [5.74, 6) is 0.295. The van der Waals surface area contributed by atoms with Gasteiger partial charge in [-0.1, -0.05) is 24.3 Å². The van der Waals surface area contributed by atoms with Crippen molar-refractivity contribution in [1.82, 2.24) is 5.32 Å². The van der Waals surface area contributed by atoms with Crippen LogP contribution in [0.15, 0.2) is 24.3 Å². The van der Waals surface area contributed by atoms with Crippen molar-refractivity contribution in [3.05, 3.63) is 35.4 Å². The lowest BCUT2D eigenvalue weighted by molar-refractivity contribution is -0.146. The number of rotatable bonds is 2. The number of hydrogen-bond acceptors (Lipinski definition) is 3. The molecule has 1 heterocycles. The van der Waals surface area contributed by atoms with Gasteiger partial charge in [0.15, 0.2) is 0 Å². The van der Waals surface area contributed by atoms with Crippen LogP contribution < -0.4 is 5.32 Å². The number of ether oxygens (including phenoxy) is 1. The molecule has 1 aliphatic heterocycles. The molecule has 1 aromatic carbocycles. The Bertz CT molecular complexity index is 403. The summed E-state index contributed by atoms with van der Waals surface area (Å²) < 4.78 is 4.83. The summed E-state index contributed by atoms with van der Waals surface area (Å²) in [5, 5.41) is 3.33. The monoisotopic (exact) mass is 233 g/mol. The van der Waals surface area contributed by atoms with Crippen molar-refractivity contribution < 1.29 is 9.53 Å². The lowest BCUT2D eigenvalue weighted by Gasteiger charge is -2.29. The summed E-state index contributed by atoms with van der Waals surface area (Å²) in [4.78, 5) is 11.6. The van der Waals surface area contributed by atoms with Crippen molar-refractivity contribution in [1.29, 1.82) is 0 Å². The molecule has 1 aromatic rings. The molecule has 2 rings (SSSR count). The van der Waals surface area contributed by atoms with E-state index in [4.69, 9.17) is 4.74 Å². The first kappa shape index (κ1) is 12.1. The van der Waals surface area contributed by atoms with Gasteiger partial charge < -0.3 is 10.1 Å². The number of benzene rings is 1. The van der Waals surface area contributed by atoms with Gasteiger partial charge in [0.1, 0.15) is 0 Å². The van der Waals surface area contributed by atoms with E-state index in [-0.39, 0.29) is 11.9 Å². The van der Waals surface area contributed by atoms with E-state index < -0.39 is 0 Å². The zero-order valence-electron chi connectivity index (χ0n) is 10.4. The third-order valence-electron chi connectivity index (χ3n) is 3.51. The van der Waals surface area contributed by atoms with Gasteiger partial charge in [0.05, 0.1) is 13.0 Å². The van der Waals surface area contributed by atoms with Crippen LogP contribution in [0.25, 0.3) is 0 Å². The van der Waals surface area contributed by atoms with Crippen LogP contribution >= 0.6 is 0 Å². The molecule has 0 bridgehead atoms. The molecule has 0 unspecified atom stereocenters. The van der Waals surface area contributed by atoms with Crippen LogP contribution in [0.2, 0.25) is 0 Å². The highest BCUT2D eigenvalue weighted by atomic mass is 16.5. The molecule has 3 heteroatoms. The van der Waals surface area contributed by atoms with Gasteiger partial charge >= 0.3 is 5.97 Å². The number of hydrogen-bond donors (Lipinski definition) is 1. The molecule has 1 fully saturated rings. The first-order chi connectivity index (χ1) is 8.22. The smallest absolute Gasteiger partial charge is 0.309 e. The first-order valence-electron chi connectivity index (χ1n) is 6.06. The Labute approximate surface area is 102 Å². The molecule has 0 saturated carbocycles. The third kappa shape index (κ3) is 2.67. The van der Waals surface area contributed by atoms with Crippen LogP contribution in [-0.2, 0) is 9.53 Å².